The summed E-state index contributed by atoms with van der Waals surface area (Å²) in [7, 11) is 0. The molecule has 2 aromatic carbocycles. The second-order valence-corrected chi connectivity index (χ2v) is 6.15. The average molecular weight is 350 g/mol. The van der Waals surface area contributed by atoms with Crippen molar-refractivity contribution < 1.29 is 9.90 Å². The molecule has 0 aliphatic rings. The Labute approximate surface area is 152 Å². The smallest absolute Gasteiger partial charge is 0.320 e. The lowest BCUT2D eigenvalue weighted by molar-refractivity contribution is 0.175. The van der Waals surface area contributed by atoms with Gasteiger partial charge in [0, 0.05) is 18.8 Å². The number of hydrogen-bond acceptors (Lipinski definition) is 3. The molecule has 0 radical (unpaired) electrons. The Bertz CT molecular complexity index is 844. The van der Waals surface area contributed by atoms with Gasteiger partial charge in [0.1, 0.15) is 0 Å². The first-order valence-electron chi connectivity index (χ1n) is 8.47. The molecule has 0 spiro atoms. The van der Waals surface area contributed by atoms with Crippen LogP contribution in [0.25, 0.3) is 0 Å². The van der Waals surface area contributed by atoms with Crippen molar-refractivity contribution in [2.24, 2.45) is 0 Å². The number of carbonyl (C=O) groups is 1. The van der Waals surface area contributed by atoms with Crippen molar-refractivity contribution in [1.29, 1.82) is 0 Å². The summed E-state index contributed by atoms with van der Waals surface area (Å²) < 4.78 is 1.76. The number of urea groups is 1. The minimum Gasteiger partial charge on any atom is -0.387 e. The van der Waals surface area contributed by atoms with E-state index in [9.17, 15) is 9.90 Å². The fourth-order valence-electron chi connectivity index (χ4n) is 2.54. The normalized spacial score (nSPS) is 11.8. The highest BCUT2D eigenvalue weighted by atomic mass is 16.3. The maximum Gasteiger partial charge on any atom is 0.320 e. The number of aryl methyl sites for hydroxylation is 1. The Kier molecular flexibility index (Phi) is 5.66. The summed E-state index contributed by atoms with van der Waals surface area (Å²) in [6, 6.07) is 18.9. The third-order valence-electron chi connectivity index (χ3n) is 3.99. The van der Waals surface area contributed by atoms with Gasteiger partial charge >= 0.3 is 6.03 Å². The Morgan fingerprint density at radius 1 is 1.12 bits per heavy atom. The zero-order valence-corrected chi connectivity index (χ0v) is 14.6. The zero-order chi connectivity index (χ0) is 18.4. The van der Waals surface area contributed by atoms with Gasteiger partial charge in [-0.15, -0.1) is 0 Å². The van der Waals surface area contributed by atoms with Crippen molar-refractivity contribution >= 4 is 11.8 Å². The van der Waals surface area contributed by atoms with E-state index in [1.165, 1.54) is 0 Å². The molecule has 26 heavy (non-hydrogen) atoms. The van der Waals surface area contributed by atoms with Gasteiger partial charge in [0.05, 0.1) is 12.6 Å². The van der Waals surface area contributed by atoms with Crippen molar-refractivity contribution in [3.63, 3.8) is 0 Å². The van der Waals surface area contributed by atoms with Gasteiger partial charge in [-0.3, -0.25) is 10.00 Å². The van der Waals surface area contributed by atoms with Crippen molar-refractivity contribution in [3.05, 3.63) is 83.6 Å². The number of anilines is 1. The zero-order valence-electron chi connectivity index (χ0n) is 14.6. The topological polar surface area (TPSA) is 79.2 Å². The van der Waals surface area contributed by atoms with Crippen LogP contribution >= 0.6 is 0 Å². The summed E-state index contributed by atoms with van der Waals surface area (Å²) in [5.41, 5.74) is 3.02. The lowest BCUT2D eigenvalue weighted by Crippen LogP contribution is -2.32. The first-order valence-corrected chi connectivity index (χ1v) is 8.47. The fraction of sp³-hybridized carbons (Fsp3) is 0.200. The van der Waals surface area contributed by atoms with Gasteiger partial charge in [-0.1, -0.05) is 60.2 Å². The third kappa shape index (κ3) is 4.94. The first kappa shape index (κ1) is 17.7. The standard InChI is InChI=1S/C20H22N4O2/c1-15-7-9-17(10-8-15)18(25)13-21-20(26)22-19-11-12-24(23-19)14-16-5-3-2-4-6-16/h2-12,18,25H,13-14H2,1H3,(H2,21,22,23,26)/t18-/m1/s1. The highest BCUT2D eigenvalue weighted by Gasteiger charge is 2.10. The molecule has 2 amide bonds. The molecule has 0 unspecified atom stereocenters. The van der Waals surface area contributed by atoms with Gasteiger partial charge in [0.2, 0.25) is 0 Å². The van der Waals surface area contributed by atoms with Crippen LogP contribution < -0.4 is 10.6 Å². The molecule has 3 rings (SSSR count). The van der Waals surface area contributed by atoms with Crippen molar-refractivity contribution in [3.8, 4) is 0 Å². The monoisotopic (exact) mass is 350 g/mol. The van der Waals surface area contributed by atoms with Crippen LogP contribution in [0.4, 0.5) is 10.6 Å². The summed E-state index contributed by atoms with van der Waals surface area (Å²) in [4.78, 5) is 12.0. The van der Waals surface area contributed by atoms with E-state index in [1.807, 2.05) is 67.7 Å². The largest absolute Gasteiger partial charge is 0.387 e. The molecule has 0 bridgehead atoms. The molecule has 134 valence electrons. The van der Waals surface area contributed by atoms with E-state index in [0.717, 1.165) is 16.7 Å². The Balaban J connectivity index is 1.48. The van der Waals surface area contributed by atoms with Gasteiger partial charge in [0.25, 0.3) is 0 Å². The van der Waals surface area contributed by atoms with E-state index in [4.69, 9.17) is 0 Å². The van der Waals surface area contributed by atoms with E-state index < -0.39 is 12.1 Å². The van der Waals surface area contributed by atoms with Crippen LogP contribution in [0.1, 0.15) is 22.8 Å². The number of aliphatic hydroxyl groups excluding tert-OH is 1. The maximum atomic E-state index is 12.0. The molecule has 6 heteroatoms. The quantitative estimate of drug-likeness (QED) is 0.639. The molecule has 1 heterocycles. The molecular weight excluding hydrogens is 328 g/mol. The summed E-state index contributed by atoms with van der Waals surface area (Å²) in [5, 5.41) is 19.8. The molecule has 6 nitrogen and oxygen atoms in total. The first-order chi connectivity index (χ1) is 12.6. The summed E-state index contributed by atoms with van der Waals surface area (Å²) in [6.45, 7) is 2.74. The highest BCUT2D eigenvalue weighted by molar-refractivity contribution is 5.88. The predicted octanol–water partition coefficient (Wildman–Crippen LogP) is 3.09. The van der Waals surface area contributed by atoms with Crippen LogP contribution in [-0.2, 0) is 6.54 Å². The Morgan fingerprint density at radius 2 is 1.85 bits per heavy atom. The van der Waals surface area contributed by atoms with Crippen molar-refractivity contribution in [2.45, 2.75) is 19.6 Å². The van der Waals surface area contributed by atoms with Crippen LogP contribution in [-0.4, -0.2) is 27.5 Å². The SMILES string of the molecule is Cc1ccc([C@H](O)CNC(=O)Nc2ccn(Cc3ccccc3)n2)cc1. The summed E-state index contributed by atoms with van der Waals surface area (Å²) >= 11 is 0. The van der Waals surface area contributed by atoms with E-state index in [0.29, 0.717) is 12.4 Å². The lowest BCUT2D eigenvalue weighted by atomic mass is 10.1. The van der Waals surface area contributed by atoms with E-state index >= 15 is 0 Å². The number of hydrogen-bond donors (Lipinski definition) is 3. The molecule has 0 aliphatic carbocycles. The number of aromatic nitrogens is 2. The van der Waals surface area contributed by atoms with Crippen molar-refractivity contribution in [1.82, 2.24) is 15.1 Å². The van der Waals surface area contributed by atoms with Crippen LogP contribution in [0.3, 0.4) is 0 Å². The number of rotatable bonds is 6. The van der Waals surface area contributed by atoms with E-state index in [2.05, 4.69) is 15.7 Å². The minimum absolute atomic E-state index is 0.125. The van der Waals surface area contributed by atoms with Gasteiger partial charge < -0.3 is 10.4 Å². The number of aliphatic hydroxyl groups is 1. The van der Waals surface area contributed by atoms with Crippen molar-refractivity contribution in [2.75, 3.05) is 11.9 Å². The number of carbonyl (C=O) groups excluding carboxylic acids is 1. The molecule has 3 aromatic rings. The lowest BCUT2D eigenvalue weighted by Gasteiger charge is -2.12. The number of amides is 2. The summed E-state index contributed by atoms with van der Waals surface area (Å²) in [5.74, 6) is 0.461. The predicted molar refractivity (Wildman–Crippen MR) is 101 cm³/mol. The van der Waals surface area contributed by atoms with Crippen LogP contribution in [0.2, 0.25) is 0 Å². The van der Waals surface area contributed by atoms with E-state index in [-0.39, 0.29) is 6.54 Å². The number of nitrogens with zero attached hydrogens (tertiary/aromatic N) is 2. The van der Waals surface area contributed by atoms with Crippen LogP contribution in [0.15, 0.2) is 66.9 Å². The number of nitrogens with one attached hydrogen (secondary N) is 2. The van der Waals surface area contributed by atoms with Crippen LogP contribution in [0, 0.1) is 6.92 Å². The average Bonchev–Trinajstić information content (AvgIpc) is 3.08. The molecule has 0 aliphatic heterocycles. The molecule has 3 N–H and O–H groups in total. The molecular formula is C20H22N4O2. The second-order valence-electron chi connectivity index (χ2n) is 6.15. The van der Waals surface area contributed by atoms with Gasteiger partial charge in [-0.2, -0.15) is 5.10 Å². The highest BCUT2D eigenvalue weighted by Crippen LogP contribution is 2.12. The molecule has 1 aromatic heterocycles. The third-order valence-corrected chi connectivity index (χ3v) is 3.99. The maximum absolute atomic E-state index is 12.0. The van der Waals surface area contributed by atoms with Crippen LogP contribution in [0.5, 0.6) is 0 Å². The van der Waals surface area contributed by atoms with Gasteiger partial charge in [-0.25, -0.2) is 4.79 Å². The molecule has 1 atom stereocenters. The number of benzene rings is 2. The van der Waals surface area contributed by atoms with E-state index in [1.54, 1.807) is 10.7 Å². The minimum atomic E-state index is -0.753. The van der Waals surface area contributed by atoms with Gasteiger partial charge in [0.15, 0.2) is 5.82 Å². The second kappa shape index (κ2) is 8.31. The fourth-order valence-corrected chi connectivity index (χ4v) is 2.54. The molecule has 0 saturated heterocycles. The Hall–Kier alpha value is -3.12. The summed E-state index contributed by atoms with van der Waals surface area (Å²) in [6.07, 6.45) is 1.06. The Morgan fingerprint density at radius 3 is 2.58 bits per heavy atom. The molecule has 0 fully saturated rings. The van der Waals surface area contributed by atoms with Gasteiger partial charge in [-0.05, 0) is 18.1 Å². The molecule has 0 saturated carbocycles.